The molecule has 1 fully saturated rings. The van der Waals surface area contributed by atoms with Gasteiger partial charge in [0.15, 0.2) is 0 Å². The molecule has 0 unspecified atom stereocenters. The Kier molecular flexibility index (Phi) is 3.21. The van der Waals surface area contributed by atoms with Crippen molar-refractivity contribution in [2.75, 3.05) is 13.1 Å². The molecule has 0 aliphatic carbocycles. The SMILES string of the molecule is C=C1CCN(C(=O)c2ccc3[nH]c(=O)c(=O)[nH]c3c2)CC1. The van der Waals surface area contributed by atoms with E-state index in [0.29, 0.717) is 29.7 Å². The number of nitrogens with zero attached hydrogens (tertiary/aromatic N) is 1. The van der Waals surface area contributed by atoms with Gasteiger partial charge in [-0.25, -0.2) is 0 Å². The molecular formula is C15H15N3O3. The van der Waals surface area contributed by atoms with Crippen molar-refractivity contribution >= 4 is 16.9 Å². The molecule has 3 rings (SSSR count). The van der Waals surface area contributed by atoms with E-state index in [-0.39, 0.29) is 5.91 Å². The highest BCUT2D eigenvalue weighted by atomic mass is 16.2. The number of aromatic amines is 2. The Hall–Kier alpha value is -2.63. The van der Waals surface area contributed by atoms with Crippen molar-refractivity contribution in [1.29, 1.82) is 0 Å². The Bertz CT molecular complexity index is 837. The molecule has 2 aromatic rings. The highest BCUT2D eigenvalue weighted by Crippen LogP contribution is 2.18. The summed E-state index contributed by atoms with van der Waals surface area (Å²) in [4.78, 5) is 41.8. The zero-order valence-electron chi connectivity index (χ0n) is 11.4. The van der Waals surface area contributed by atoms with Gasteiger partial charge >= 0.3 is 11.1 Å². The third-order valence-electron chi connectivity index (χ3n) is 3.73. The van der Waals surface area contributed by atoms with Crippen LogP contribution in [0.15, 0.2) is 39.9 Å². The molecule has 2 heterocycles. The van der Waals surface area contributed by atoms with Crippen molar-refractivity contribution in [2.45, 2.75) is 12.8 Å². The number of likely N-dealkylation sites (tertiary alicyclic amines) is 1. The summed E-state index contributed by atoms with van der Waals surface area (Å²) in [7, 11) is 0. The number of carbonyl (C=O) groups is 1. The van der Waals surface area contributed by atoms with Crippen LogP contribution in [-0.4, -0.2) is 33.9 Å². The molecular weight excluding hydrogens is 270 g/mol. The fraction of sp³-hybridized carbons (Fsp3) is 0.267. The maximum atomic E-state index is 12.4. The maximum Gasteiger partial charge on any atom is 0.314 e. The molecule has 0 atom stereocenters. The zero-order valence-corrected chi connectivity index (χ0v) is 11.4. The summed E-state index contributed by atoms with van der Waals surface area (Å²) < 4.78 is 0. The number of hydrogen-bond donors (Lipinski definition) is 2. The molecule has 1 aliphatic rings. The van der Waals surface area contributed by atoms with E-state index in [1.165, 1.54) is 5.57 Å². The van der Waals surface area contributed by atoms with Crippen LogP contribution in [0.1, 0.15) is 23.2 Å². The van der Waals surface area contributed by atoms with Crippen LogP contribution in [0, 0.1) is 0 Å². The van der Waals surface area contributed by atoms with E-state index in [1.54, 1.807) is 23.1 Å². The lowest BCUT2D eigenvalue weighted by molar-refractivity contribution is 0.0744. The number of carbonyl (C=O) groups excluding carboxylic acids is 1. The van der Waals surface area contributed by atoms with E-state index in [9.17, 15) is 14.4 Å². The molecule has 6 nitrogen and oxygen atoms in total. The predicted molar refractivity (Wildman–Crippen MR) is 79.5 cm³/mol. The van der Waals surface area contributed by atoms with Gasteiger partial charge in [0.05, 0.1) is 11.0 Å². The minimum atomic E-state index is -0.721. The molecule has 108 valence electrons. The lowest BCUT2D eigenvalue weighted by Gasteiger charge is -2.28. The molecule has 2 N–H and O–H groups in total. The van der Waals surface area contributed by atoms with E-state index in [2.05, 4.69) is 16.5 Å². The highest BCUT2D eigenvalue weighted by molar-refractivity contribution is 5.97. The first-order chi connectivity index (χ1) is 10.0. The Morgan fingerprint density at radius 1 is 1.05 bits per heavy atom. The number of fused-ring (bicyclic) bond motifs is 1. The molecule has 6 heteroatoms. The molecule has 0 radical (unpaired) electrons. The van der Waals surface area contributed by atoms with E-state index in [1.807, 2.05) is 0 Å². The van der Waals surface area contributed by atoms with Crippen molar-refractivity contribution in [3.05, 3.63) is 56.6 Å². The predicted octanol–water partition coefficient (Wildman–Crippen LogP) is 1.01. The molecule has 0 bridgehead atoms. The van der Waals surface area contributed by atoms with Crippen LogP contribution >= 0.6 is 0 Å². The Morgan fingerprint density at radius 3 is 2.33 bits per heavy atom. The number of amides is 1. The molecule has 0 spiro atoms. The lowest BCUT2D eigenvalue weighted by atomic mass is 10.0. The van der Waals surface area contributed by atoms with Crippen LogP contribution in [0.25, 0.3) is 11.0 Å². The first-order valence-corrected chi connectivity index (χ1v) is 6.77. The number of H-pyrrole nitrogens is 2. The zero-order chi connectivity index (χ0) is 15.0. The van der Waals surface area contributed by atoms with Crippen molar-refractivity contribution in [2.24, 2.45) is 0 Å². The number of benzene rings is 1. The minimum Gasteiger partial charge on any atom is -0.338 e. The Balaban J connectivity index is 1.95. The normalized spacial score (nSPS) is 15.4. The van der Waals surface area contributed by atoms with Crippen LogP contribution < -0.4 is 11.1 Å². The molecule has 21 heavy (non-hydrogen) atoms. The van der Waals surface area contributed by atoms with Gasteiger partial charge in [0.2, 0.25) is 0 Å². The summed E-state index contributed by atoms with van der Waals surface area (Å²) in [5.74, 6) is -0.0727. The van der Waals surface area contributed by atoms with Crippen LogP contribution in [0.5, 0.6) is 0 Å². The summed E-state index contributed by atoms with van der Waals surface area (Å²) in [5.41, 5.74) is 1.20. The molecule has 1 aromatic carbocycles. The second-order valence-corrected chi connectivity index (χ2v) is 5.21. The van der Waals surface area contributed by atoms with Crippen LogP contribution in [-0.2, 0) is 0 Å². The van der Waals surface area contributed by atoms with Crippen molar-refractivity contribution in [1.82, 2.24) is 14.9 Å². The van der Waals surface area contributed by atoms with Crippen molar-refractivity contribution < 1.29 is 4.79 Å². The van der Waals surface area contributed by atoms with Gasteiger partial charge in [0, 0.05) is 18.7 Å². The van der Waals surface area contributed by atoms with Gasteiger partial charge in [0.1, 0.15) is 0 Å². The molecule has 0 saturated carbocycles. The van der Waals surface area contributed by atoms with E-state index >= 15 is 0 Å². The summed E-state index contributed by atoms with van der Waals surface area (Å²) in [6, 6.07) is 4.88. The van der Waals surface area contributed by atoms with E-state index in [0.717, 1.165) is 12.8 Å². The molecule has 1 saturated heterocycles. The van der Waals surface area contributed by atoms with Crippen LogP contribution in [0.4, 0.5) is 0 Å². The minimum absolute atomic E-state index is 0.0727. The third-order valence-corrected chi connectivity index (χ3v) is 3.73. The maximum absolute atomic E-state index is 12.4. The first-order valence-electron chi connectivity index (χ1n) is 6.77. The van der Waals surface area contributed by atoms with Crippen molar-refractivity contribution in [3.63, 3.8) is 0 Å². The third kappa shape index (κ3) is 2.52. The topological polar surface area (TPSA) is 86.0 Å². The summed E-state index contributed by atoms with van der Waals surface area (Å²) in [6.45, 7) is 5.26. The Morgan fingerprint density at radius 2 is 1.67 bits per heavy atom. The number of nitrogens with one attached hydrogen (secondary N) is 2. The second kappa shape index (κ2) is 5.05. The number of hydrogen-bond acceptors (Lipinski definition) is 3. The van der Waals surface area contributed by atoms with Gasteiger partial charge in [-0.15, -0.1) is 0 Å². The van der Waals surface area contributed by atoms with Gasteiger partial charge in [-0.3, -0.25) is 14.4 Å². The average molecular weight is 285 g/mol. The van der Waals surface area contributed by atoms with Gasteiger partial charge in [-0.1, -0.05) is 12.2 Å². The monoisotopic (exact) mass is 285 g/mol. The van der Waals surface area contributed by atoms with Gasteiger partial charge < -0.3 is 14.9 Å². The standard InChI is InChI=1S/C15H15N3O3/c1-9-4-6-18(7-5-9)15(21)10-2-3-11-12(8-10)17-14(20)13(19)16-11/h2-3,8H,1,4-7H2,(H,16,19)(H,17,20). The van der Waals surface area contributed by atoms with Gasteiger partial charge in [0.25, 0.3) is 5.91 Å². The first kappa shape index (κ1) is 13.4. The summed E-state index contributed by atoms with van der Waals surface area (Å²) >= 11 is 0. The highest BCUT2D eigenvalue weighted by Gasteiger charge is 2.19. The number of rotatable bonds is 1. The van der Waals surface area contributed by atoms with E-state index in [4.69, 9.17) is 0 Å². The average Bonchev–Trinajstić information content (AvgIpc) is 2.48. The number of aromatic nitrogens is 2. The van der Waals surface area contributed by atoms with E-state index < -0.39 is 11.1 Å². The largest absolute Gasteiger partial charge is 0.338 e. The summed E-state index contributed by atoms with van der Waals surface area (Å²) in [6.07, 6.45) is 1.65. The molecule has 1 aliphatic heterocycles. The molecule has 1 amide bonds. The van der Waals surface area contributed by atoms with Gasteiger partial charge in [-0.2, -0.15) is 0 Å². The lowest BCUT2D eigenvalue weighted by Crippen LogP contribution is -2.36. The second-order valence-electron chi connectivity index (χ2n) is 5.21. The van der Waals surface area contributed by atoms with Crippen LogP contribution in [0.2, 0.25) is 0 Å². The van der Waals surface area contributed by atoms with Gasteiger partial charge in [-0.05, 0) is 31.0 Å². The fourth-order valence-electron chi connectivity index (χ4n) is 2.46. The molecule has 1 aromatic heterocycles. The summed E-state index contributed by atoms with van der Waals surface area (Å²) in [5, 5.41) is 0. The Labute approximate surface area is 120 Å². The smallest absolute Gasteiger partial charge is 0.314 e. The number of piperidine rings is 1. The fourth-order valence-corrected chi connectivity index (χ4v) is 2.46. The quantitative estimate of drug-likeness (QED) is 0.605. The van der Waals surface area contributed by atoms with Crippen LogP contribution in [0.3, 0.4) is 0 Å². The van der Waals surface area contributed by atoms with Crippen molar-refractivity contribution in [3.8, 4) is 0 Å².